The van der Waals surface area contributed by atoms with Gasteiger partial charge in [0.25, 0.3) is 0 Å². The molecule has 3 saturated heterocycles. The number of cyclic esters (lactones) is 1. The number of hydrogen-bond donors (Lipinski definition) is 4. The van der Waals surface area contributed by atoms with Gasteiger partial charge in [0, 0.05) is 38.3 Å². The summed E-state index contributed by atoms with van der Waals surface area (Å²) in [5, 5.41) is 16.0. The van der Waals surface area contributed by atoms with E-state index in [1.807, 2.05) is 83.8 Å². The van der Waals surface area contributed by atoms with E-state index in [1.54, 1.807) is 49.1 Å². The lowest BCUT2D eigenvalue weighted by Gasteiger charge is -2.46. The minimum absolute atomic E-state index is 0.0766. The molecule has 3 fully saturated rings. The molecule has 6 amide bonds. The number of fused-ring (bicyclic) bond motifs is 4. The van der Waals surface area contributed by atoms with Crippen LogP contribution in [0.1, 0.15) is 65.4 Å². The van der Waals surface area contributed by atoms with E-state index < -0.39 is 83.3 Å². The van der Waals surface area contributed by atoms with Crippen molar-refractivity contribution >= 4 is 41.5 Å². The lowest BCUT2D eigenvalue weighted by Crippen LogP contribution is -2.59. The second-order valence-electron chi connectivity index (χ2n) is 19.2. The Morgan fingerprint density at radius 1 is 0.824 bits per heavy atom. The number of piperazine rings is 1. The average molecular weight is 1000 g/mol. The fourth-order valence-electron chi connectivity index (χ4n) is 11.3. The van der Waals surface area contributed by atoms with Crippen molar-refractivity contribution in [3.63, 3.8) is 0 Å². The Hall–Kier alpha value is -8.40. The average Bonchev–Trinajstić information content (AvgIpc) is 4.08. The largest absolute Gasteiger partial charge is 0.508 e. The summed E-state index contributed by atoms with van der Waals surface area (Å²) in [5.41, 5.74) is 6.65. The van der Waals surface area contributed by atoms with Gasteiger partial charge in [-0.05, 0) is 76.2 Å². The van der Waals surface area contributed by atoms with Crippen LogP contribution in [0.15, 0.2) is 121 Å². The van der Waals surface area contributed by atoms with Gasteiger partial charge in [-0.1, -0.05) is 105 Å². The van der Waals surface area contributed by atoms with Gasteiger partial charge in [0.05, 0.1) is 37.3 Å². The number of hydrogen-bond acceptors (Lipinski definition) is 13. The summed E-state index contributed by atoms with van der Waals surface area (Å²) in [6, 6.07) is 29.0. The Morgan fingerprint density at radius 3 is 2.19 bits per heavy atom. The van der Waals surface area contributed by atoms with Crippen molar-refractivity contribution in [1.29, 1.82) is 0 Å². The Morgan fingerprint density at radius 2 is 1.51 bits per heavy atom. The van der Waals surface area contributed by atoms with E-state index in [0.29, 0.717) is 53.4 Å². The molecule has 5 aromatic rings. The molecule has 5 aromatic carbocycles. The third-order valence-electron chi connectivity index (χ3n) is 14.6. The normalized spacial score (nSPS) is 23.3. The number of methoxy groups -OCH3 is 1. The zero-order chi connectivity index (χ0) is 51.8. The predicted octanol–water partition coefficient (Wildman–Crippen LogP) is 5.06. The van der Waals surface area contributed by atoms with Crippen LogP contribution in [0.2, 0.25) is 0 Å². The Labute approximate surface area is 427 Å². The Kier molecular flexibility index (Phi) is 13.5. The molecule has 0 unspecified atom stereocenters. The number of anilines is 1. The molecule has 7 atom stereocenters. The maximum atomic E-state index is 16.7. The maximum absolute atomic E-state index is 16.7. The topological polar surface area (TPSA) is 223 Å². The van der Waals surface area contributed by atoms with Gasteiger partial charge in [0.15, 0.2) is 11.5 Å². The molecule has 0 radical (unpaired) electrons. The van der Waals surface area contributed by atoms with Crippen LogP contribution in [0.3, 0.4) is 0 Å². The van der Waals surface area contributed by atoms with Crippen LogP contribution in [0, 0.1) is 23.7 Å². The van der Waals surface area contributed by atoms with Crippen LogP contribution in [-0.2, 0) is 40.6 Å². The number of amides is 6. The summed E-state index contributed by atoms with van der Waals surface area (Å²) in [7, 11) is 1.20. The number of primary amides is 1. The highest BCUT2D eigenvalue weighted by Gasteiger charge is 2.76. The highest BCUT2D eigenvalue weighted by Crippen LogP contribution is 2.66. The molecular formula is C56H55N7O11. The van der Waals surface area contributed by atoms with Gasteiger partial charge in [-0.3, -0.25) is 24.2 Å². The van der Waals surface area contributed by atoms with Crippen LogP contribution in [0.5, 0.6) is 17.2 Å². The number of imide groups is 1. The van der Waals surface area contributed by atoms with Crippen LogP contribution < -0.4 is 30.7 Å². The zero-order valence-corrected chi connectivity index (χ0v) is 40.9. The van der Waals surface area contributed by atoms with E-state index in [9.17, 15) is 14.7 Å². The molecule has 0 saturated carbocycles. The molecule has 0 aromatic heterocycles. The van der Waals surface area contributed by atoms with Crippen LogP contribution in [0.4, 0.5) is 15.3 Å². The molecule has 74 heavy (non-hydrogen) atoms. The monoisotopic (exact) mass is 1000 g/mol. The second kappa shape index (κ2) is 20.2. The first-order valence-corrected chi connectivity index (χ1v) is 24.5. The first kappa shape index (κ1) is 49.2. The number of phenolic OH excluding ortho intramolecular Hbond substituents is 1. The summed E-state index contributed by atoms with van der Waals surface area (Å²) in [4.78, 5) is 95.4. The number of rotatable bonds is 10. The van der Waals surface area contributed by atoms with Gasteiger partial charge in [0.1, 0.15) is 29.4 Å². The number of ether oxygens (including phenoxy) is 4. The molecule has 18 heteroatoms. The smallest absolute Gasteiger partial charge is 0.329 e. The maximum Gasteiger partial charge on any atom is 0.329 e. The molecule has 1 spiro atoms. The molecule has 5 heterocycles. The van der Waals surface area contributed by atoms with E-state index in [-0.39, 0.29) is 43.4 Å². The lowest BCUT2D eigenvalue weighted by atomic mass is 9.64. The Bertz CT molecular complexity index is 3060. The zero-order valence-electron chi connectivity index (χ0n) is 40.9. The van der Waals surface area contributed by atoms with Crippen molar-refractivity contribution < 1.29 is 52.8 Å². The number of aromatic hydroxyl groups is 1. The minimum Gasteiger partial charge on any atom is -0.508 e. The van der Waals surface area contributed by atoms with Crippen LogP contribution in [0.25, 0.3) is 0 Å². The number of esters is 2. The molecule has 5 N–H and O–H groups in total. The molecule has 0 bridgehead atoms. The number of urea groups is 2. The van der Waals surface area contributed by atoms with Crippen molar-refractivity contribution in [3.05, 3.63) is 155 Å². The van der Waals surface area contributed by atoms with Gasteiger partial charge in [-0.15, -0.1) is 0 Å². The van der Waals surface area contributed by atoms with Crippen molar-refractivity contribution in [2.45, 2.75) is 56.1 Å². The quantitative estimate of drug-likeness (QED) is 0.106. The van der Waals surface area contributed by atoms with E-state index in [1.165, 1.54) is 19.2 Å². The van der Waals surface area contributed by atoms with Gasteiger partial charge >= 0.3 is 24.0 Å². The fraction of sp³-hybridized carbons (Fsp3) is 0.321. The first-order valence-electron chi connectivity index (χ1n) is 24.5. The Balaban J connectivity index is 1.18. The lowest BCUT2D eigenvalue weighted by molar-refractivity contribution is -0.179. The number of nitrogens with two attached hydrogens (primary N) is 1. The number of carbonyl (C=O) groups excluding carboxylic acids is 6. The van der Waals surface area contributed by atoms with Crippen molar-refractivity contribution in [2.24, 2.45) is 17.6 Å². The standard InChI is InChI=1S/C56H55N7O11/c1-33(2)45(51(66)71-3)59-55(70)62-41-22-16-34(11-10-24-58-54(57)69)29-40(41)56(53(62)68)44(50(65)61-27-25-60(26-28-61)31-35-17-23-42-43(30-35)73-32-72-42)47-52(67)74-48(37-14-8-5-9-15-37)46(36-12-6-4-7-13-36)63(47)49(56)38-18-20-39(64)21-19-38/h4-9,12-23,29-30,33,44-49,64H,24-28,31-32H2,1-3H3,(H,59,70)(H3,57,58,69)/t44-,45+,46-,47-,48+,49+,56-/m1/s1. The molecule has 380 valence electrons. The van der Waals surface area contributed by atoms with Gasteiger partial charge in [-0.2, -0.15) is 0 Å². The SMILES string of the molecule is COC(=O)[C@@H](NC(=O)N1C(=O)[C@@]2(c3cc(C#CCNC(N)=O)ccc31)[C@H](c1ccc(O)cc1)N1[C@H](c3ccccc3)[C@H](c3ccccc3)OC(=O)[C@H]1[C@@H]2C(=O)N1CCN(Cc2ccc3c(c2)OCO3)CC1)C(C)C. The summed E-state index contributed by atoms with van der Waals surface area (Å²) >= 11 is 0. The second-order valence-corrected chi connectivity index (χ2v) is 19.2. The van der Waals surface area contributed by atoms with Crippen molar-refractivity contribution in [3.8, 4) is 29.1 Å². The molecule has 5 aliphatic heterocycles. The number of benzene rings is 5. The number of carbonyl (C=O) groups is 6. The van der Waals surface area contributed by atoms with E-state index >= 15 is 19.2 Å². The number of phenols is 1. The first-order chi connectivity index (χ1) is 35.8. The fourth-order valence-corrected chi connectivity index (χ4v) is 11.3. The summed E-state index contributed by atoms with van der Waals surface area (Å²) in [6.45, 7) is 5.33. The number of nitrogens with zero attached hydrogens (tertiary/aromatic N) is 4. The van der Waals surface area contributed by atoms with Crippen molar-refractivity contribution in [1.82, 2.24) is 25.3 Å². The molecule has 10 rings (SSSR count). The third-order valence-corrected chi connectivity index (χ3v) is 14.6. The van der Waals surface area contributed by atoms with E-state index in [2.05, 4.69) is 27.4 Å². The summed E-state index contributed by atoms with van der Waals surface area (Å²) < 4.78 is 22.9. The van der Waals surface area contributed by atoms with E-state index in [0.717, 1.165) is 10.5 Å². The number of morpholine rings is 1. The van der Waals surface area contributed by atoms with Gasteiger partial charge in [-0.25, -0.2) is 19.3 Å². The number of nitrogens with one attached hydrogen (secondary N) is 2. The highest BCUT2D eigenvalue weighted by atomic mass is 16.7. The minimum atomic E-state index is -2.13. The van der Waals surface area contributed by atoms with Gasteiger partial charge in [0.2, 0.25) is 18.6 Å². The third kappa shape index (κ3) is 8.77. The summed E-state index contributed by atoms with van der Waals surface area (Å²) in [5.74, 6) is 2.26. The van der Waals surface area contributed by atoms with Crippen LogP contribution >= 0.6 is 0 Å². The molecule has 0 aliphatic carbocycles. The molecular weight excluding hydrogens is 947 g/mol. The highest BCUT2D eigenvalue weighted by molar-refractivity contribution is 6.25. The summed E-state index contributed by atoms with van der Waals surface area (Å²) in [6.07, 6.45) is -0.968. The molecule has 5 aliphatic rings. The van der Waals surface area contributed by atoms with Gasteiger partial charge < -0.3 is 45.3 Å². The van der Waals surface area contributed by atoms with E-state index in [4.69, 9.17) is 24.7 Å². The molecule has 18 nitrogen and oxygen atoms in total. The predicted molar refractivity (Wildman–Crippen MR) is 268 cm³/mol. The van der Waals surface area contributed by atoms with Crippen LogP contribution in [-0.4, -0.2) is 114 Å². The van der Waals surface area contributed by atoms with Crippen molar-refractivity contribution in [2.75, 3.05) is 51.5 Å².